The molecule has 0 aromatic carbocycles. The van der Waals surface area contributed by atoms with E-state index in [1.807, 2.05) is 34.6 Å². The molecule has 0 aromatic rings. The smallest absolute Gasteiger partial charge is 0.239 e. The molecule has 0 spiro atoms. The van der Waals surface area contributed by atoms with E-state index in [1.165, 1.54) is 0 Å². The van der Waals surface area contributed by atoms with E-state index in [0.29, 0.717) is 12.8 Å². The van der Waals surface area contributed by atoms with E-state index in [1.54, 1.807) is 14.0 Å². The Kier molecular flexibility index (Phi) is 14.5. The molecule has 0 aliphatic rings. The summed E-state index contributed by atoms with van der Waals surface area (Å²) in [4.78, 5) is 47.5. The van der Waals surface area contributed by atoms with Gasteiger partial charge in [-0.15, -0.1) is 0 Å². The fraction of sp³-hybridized carbons (Fsp3) is 0.810. The van der Waals surface area contributed by atoms with Crippen LogP contribution in [0.3, 0.4) is 0 Å². The SMILES string of the molecule is COC(C)CC(C)C(=O)NCC(=O)NCC(=O)NCC(=O)NC(C)CC(C)OC(C)C. The van der Waals surface area contributed by atoms with E-state index in [9.17, 15) is 19.2 Å². The lowest BCUT2D eigenvalue weighted by molar-refractivity contribution is -0.130. The van der Waals surface area contributed by atoms with Gasteiger partial charge in [0.15, 0.2) is 0 Å². The molecule has 0 bridgehead atoms. The number of nitrogens with one attached hydrogen (secondary N) is 4. The Bertz CT molecular complexity index is 584. The minimum Gasteiger partial charge on any atom is -0.382 e. The van der Waals surface area contributed by atoms with Crippen LogP contribution in [0.2, 0.25) is 0 Å². The molecule has 4 N–H and O–H groups in total. The fourth-order valence-corrected chi connectivity index (χ4v) is 2.93. The van der Waals surface area contributed by atoms with Crippen LogP contribution in [0.25, 0.3) is 0 Å². The molecule has 4 amide bonds. The third-order valence-corrected chi connectivity index (χ3v) is 4.45. The molecule has 0 aromatic heterocycles. The maximum atomic E-state index is 11.9. The third-order valence-electron chi connectivity index (χ3n) is 4.45. The second kappa shape index (κ2) is 15.6. The minimum atomic E-state index is -0.499. The predicted octanol–water partition coefficient (Wildman–Crippen LogP) is 0.104. The Morgan fingerprint density at radius 3 is 1.74 bits per heavy atom. The number of rotatable bonds is 15. The zero-order chi connectivity index (χ0) is 24.0. The summed E-state index contributed by atoms with van der Waals surface area (Å²) in [6.45, 7) is 10.6. The molecule has 0 aliphatic carbocycles. The summed E-state index contributed by atoms with van der Waals surface area (Å²) in [6.07, 6.45) is 1.25. The number of methoxy groups -OCH3 is 1. The molecule has 0 radical (unpaired) electrons. The van der Waals surface area contributed by atoms with Crippen LogP contribution in [0.4, 0.5) is 0 Å². The molecule has 0 aliphatic heterocycles. The van der Waals surface area contributed by atoms with Gasteiger partial charge in [0.05, 0.1) is 37.9 Å². The highest BCUT2D eigenvalue weighted by molar-refractivity contribution is 5.90. The second-order valence-corrected chi connectivity index (χ2v) is 8.15. The molecule has 0 rings (SSSR count). The van der Waals surface area contributed by atoms with Crippen LogP contribution in [0, 0.1) is 5.92 Å². The van der Waals surface area contributed by atoms with Gasteiger partial charge in [0.25, 0.3) is 0 Å². The Morgan fingerprint density at radius 2 is 1.23 bits per heavy atom. The van der Waals surface area contributed by atoms with Crippen molar-refractivity contribution in [2.75, 3.05) is 26.7 Å². The van der Waals surface area contributed by atoms with Gasteiger partial charge < -0.3 is 30.7 Å². The number of hydrogen-bond acceptors (Lipinski definition) is 6. The quantitative estimate of drug-likeness (QED) is 0.283. The van der Waals surface area contributed by atoms with E-state index in [0.717, 1.165) is 0 Å². The van der Waals surface area contributed by atoms with Gasteiger partial charge in [-0.2, -0.15) is 0 Å². The van der Waals surface area contributed by atoms with Gasteiger partial charge in [-0.25, -0.2) is 0 Å². The van der Waals surface area contributed by atoms with Crippen LogP contribution in [0.15, 0.2) is 0 Å². The topological polar surface area (TPSA) is 135 Å². The van der Waals surface area contributed by atoms with Crippen molar-refractivity contribution in [2.45, 2.75) is 78.7 Å². The first-order valence-corrected chi connectivity index (χ1v) is 10.7. The highest BCUT2D eigenvalue weighted by Crippen LogP contribution is 2.08. The Morgan fingerprint density at radius 1 is 0.710 bits per heavy atom. The molecule has 10 heteroatoms. The van der Waals surface area contributed by atoms with E-state index in [2.05, 4.69) is 21.3 Å². The van der Waals surface area contributed by atoms with E-state index < -0.39 is 11.8 Å². The molecular formula is C21H40N4O6. The van der Waals surface area contributed by atoms with Crippen LogP contribution in [-0.2, 0) is 28.7 Å². The highest BCUT2D eigenvalue weighted by atomic mass is 16.5. The molecule has 10 nitrogen and oxygen atoms in total. The van der Waals surface area contributed by atoms with Gasteiger partial charge in [-0.1, -0.05) is 6.92 Å². The van der Waals surface area contributed by atoms with Crippen molar-refractivity contribution in [3.05, 3.63) is 0 Å². The van der Waals surface area contributed by atoms with Crippen molar-refractivity contribution in [3.63, 3.8) is 0 Å². The van der Waals surface area contributed by atoms with Crippen molar-refractivity contribution < 1.29 is 28.7 Å². The normalized spacial score (nSPS) is 14.8. The van der Waals surface area contributed by atoms with Crippen LogP contribution >= 0.6 is 0 Å². The molecule has 4 atom stereocenters. The first kappa shape index (κ1) is 28.8. The first-order valence-electron chi connectivity index (χ1n) is 10.7. The molecule has 0 saturated heterocycles. The fourth-order valence-electron chi connectivity index (χ4n) is 2.93. The Hall–Kier alpha value is -2.20. The predicted molar refractivity (Wildman–Crippen MR) is 117 cm³/mol. The summed E-state index contributed by atoms with van der Waals surface area (Å²) in [5, 5.41) is 10.1. The maximum absolute atomic E-state index is 11.9. The summed E-state index contributed by atoms with van der Waals surface area (Å²) < 4.78 is 10.7. The third kappa shape index (κ3) is 15.3. The molecular weight excluding hydrogens is 404 g/mol. The Balaban J connectivity index is 4.03. The lowest BCUT2D eigenvalue weighted by Gasteiger charge is -2.21. The molecule has 0 saturated carbocycles. The summed E-state index contributed by atoms with van der Waals surface area (Å²) in [5.74, 6) is -1.88. The van der Waals surface area contributed by atoms with Gasteiger partial charge in [-0.05, 0) is 47.5 Å². The van der Waals surface area contributed by atoms with Crippen LogP contribution in [0.1, 0.15) is 54.4 Å². The first-order chi connectivity index (χ1) is 14.4. The molecule has 180 valence electrons. The van der Waals surface area contributed by atoms with Crippen LogP contribution in [-0.4, -0.2) is 74.7 Å². The summed E-state index contributed by atoms with van der Waals surface area (Å²) in [5.41, 5.74) is 0. The monoisotopic (exact) mass is 444 g/mol. The summed E-state index contributed by atoms with van der Waals surface area (Å²) in [7, 11) is 1.57. The molecule has 0 heterocycles. The van der Waals surface area contributed by atoms with Crippen molar-refractivity contribution in [3.8, 4) is 0 Å². The van der Waals surface area contributed by atoms with Crippen molar-refractivity contribution >= 4 is 23.6 Å². The largest absolute Gasteiger partial charge is 0.382 e. The van der Waals surface area contributed by atoms with E-state index >= 15 is 0 Å². The van der Waals surface area contributed by atoms with Crippen LogP contribution in [0.5, 0.6) is 0 Å². The van der Waals surface area contributed by atoms with Gasteiger partial charge in [0, 0.05) is 19.1 Å². The lowest BCUT2D eigenvalue weighted by Crippen LogP contribution is -2.46. The summed E-state index contributed by atoms with van der Waals surface area (Å²) in [6, 6.07) is -0.101. The van der Waals surface area contributed by atoms with Gasteiger partial charge in [0.1, 0.15) is 0 Å². The van der Waals surface area contributed by atoms with Gasteiger partial charge in [-0.3, -0.25) is 19.2 Å². The summed E-state index contributed by atoms with van der Waals surface area (Å²) >= 11 is 0. The molecule has 4 unspecified atom stereocenters. The highest BCUT2D eigenvalue weighted by Gasteiger charge is 2.17. The van der Waals surface area contributed by atoms with E-state index in [4.69, 9.17) is 9.47 Å². The molecule has 31 heavy (non-hydrogen) atoms. The average molecular weight is 445 g/mol. The van der Waals surface area contributed by atoms with Crippen molar-refractivity contribution in [1.29, 1.82) is 0 Å². The van der Waals surface area contributed by atoms with Gasteiger partial charge in [0.2, 0.25) is 23.6 Å². The van der Waals surface area contributed by atoms with E-state index in [-0.39, 0.29) is 61.7 Å². The number of ether oxygens (including phenoxy) is 2. The number of hydrogen-bond donors (Lipinski definition) is 4. The maximum Gasteiger partial charge on any atom is 0.239 e. The Labute approximate surface area is 185 Å². The van der Waals surface area contributed by atoms with Gasteiger partial charge >= 0.3 is 0 Å². The zero-order valence-corrected chi connectivity index (χ0v) is 19.9. The molecule has 0 fully saturated rings. The van der Waals surface area contributed by atoms with Crippen molar-refractivity contribution in [1.82, 2.24) is 21.3 Å². The number of amides is 4. The lowest BCUT2D eigenvalue weighted by atomic mass is 10.0. The zero-order valence-electron chi connectivity index (χ0n) is 19.9. The number of carbonyl (C=O) groups excluding carboxylic acids is 4. The number of carbonyl (C=O) groups is 4. The average Bonchev–Trinajstić information content (AvgIpc) is 2.67. The standard InChI is InChI=1S/C21H40N4O6/c1-13(2)31-17(6)9-15(4)25-20(28)12-23-18(26)10-22-19(27)11-24-21(29)14(3)8-16(5)30-7/h13-17H,8-12H2,1-7H3,(H,22,27)(H,23,26)(H,24,29)(H,25,28). The van der Waals surface area contributed by atoms with Crippen molar-refractivity contribution in [2.24, 2.45) is 5.92 Å². The minimum absolute atomic E-state index is 0.00645. The van der Waals surface area contributed by atoms with Crippen LogP contribution < -0.4 is 21.3 Å². The second-order valence-electron chi connectivity index (χ2n) is 8.15.